The fourth-order valence-electron chi connectivity index (χ4n) is 2.06. The summed E-state index contributed by atoms with van der Waals surface area (Å²) >= 11 is 1.96. The average molecular weight is 282 g/mol. The average Bonchev–Trinajstić information content (AvgIpc) is 2.42. The zero-order valence-electron chi connectivity index (χ0n) is 11.1. The van der Waals surface area contributed by atoms with Gasteiger partial charge in [-0.25, -0.2) is 4.39 Å². The summed E-state index contributed by atoms with van der Waals surface area (Å²) in [7, 11) is 0. The van der Waals surface area contributed by atoms with Crippen molar-refractivity contribution < 1.29 is 9.18 Å². The second-order valence-electron chi connectivity index (χ2n) is 4.69. The first-order valence-electron chi connectivity index (χ1n) is 6.51. The molecule has 1 N–H and O–H groups in total. The van der Waals surface area contributed by atoms with Crippen LogP contribution in [0, 0.1) is 12.7 Å². The summed E-state index contributed by atoms with van der Waals surface area (Å²) in [5.41, 5.74) is 1.02. The van der Waals surface area contributed by atoms with Crippen LogP contribution in [0.15, 0.2) is 18.2 Å². The maximum Gasteiger partial charge on any atom is 0.254 e. The Morgan fingerprint density at radius 1 is 1.42 bits per heavy atom. The van der Waals surface area contributed by atoms with Crippen LogP contribution < -0.4 is 5.32 Å². The Balaban J connectivity index is 1.82. The summed E-state index contributed by atoms with van der Waals surface area (Å²) in [5.74, 6) is 1.52. The van der Waals surface area contributed by atoms with Gasteiger partial charge in [-0.2, -0.15) is 11.8 Å². The molecule has 1 saturated heterocycles. The van der Waals surface area contributed by atoms with E-state index in [1.165, 1.54) is 6.07 Å². The first-order chi connectivity index (χ1) is 9.16. The molecular weight excluding hydrogens is 263 g/mol. The topological polar surface area (TPSA) is 32.3 Å². The van der Waals surface area contributed by atoms with Crippen molar-refractivity contribution in [2.24, 2.45) is 0 Å². The van der Waals surface area contributed by atoms with Crippen LogP contribution in [0.4, 0.5) is 4.39 Å². The number of benzene rings is 1. The molecule has 5 heteroatoms. The molecule has 0 unspecified atom stereocenters. The van der Waals surface area contributed by atoms with Crippen molar-refractivity contribution in [2.75, 3.05) is 37.7 Å². The highest BCUT2D eigenvalue weighted by Crippen LogP contribution is 2.10. The Morgan fingerprint density at radius 3 is 2.89 bits per heavy atom. The van der Waals surface area contributed by atoms with E-state index < -0.39 is 5.82 Å². The summed E-state index contributed by atoms with van der Waals surface area (Å²) in [6.45, 7) is 5.39. The van der Waals surface area contributed by atoms with Crippen molar-refractivity contribution >= 4 is 17.7 Å². The molecular formula is C14H19FN2OS. The quantitative estimate of drug-likeness (QED) is 0.915. The van der Waals surface area contributed by atoms with E-state index in [1.54, 1.807) is 12.1 Å². The number of nitrogens with one attached hydrogen (secondary N) is 1. The van der Waals surface area contributed by atoms with Crippen LogP contribution in [-0.4, -0.2) is 48.5 Å². The number of thioether (sulfide) groups is 1. The van der Waals surface area contributed by atoms with Gasteiger partial charge in [0.25, 0.3) is 5.91 Å². The highest BCUT2D eigenvalue weighted by Gasteiger charge is 2.13. The first-order valence-corrected chi connectivity index (χ1v) is 7.67. The van der Waals surface area contributed by atoms with Gasteiger partial charge in [0.15, 0.2) is 0 Å². The van der Waals surface area contributed by atoms with Gasteiger partial charge in [0, 0.05) is 37.7 Å². The van der Waals surface area contributed by atoms with Crippen LogP contribution >= 0.6 is 11.8 Å². The summed E-state index contributed by atoms with van der Waals surface area (Å²) in [6, 6.07) is 4.59. The molecule has 1 aromatic rings. The van der Waals surface area contributed by atoms with E-state index in [0.29, 0.717) is 6.54 Å². The van der Waals surface area contributed by atoms with E-state index in [-0.39, 0.29) is 11.5 Å². The Hall–Kier alpha value is -1.07. The molecule has 0 bridgehead atoms. The molecule has 0 aromatic heterocycles. The number of hydrogen-bond acceptors (Lipinski definition) is 3. The van der Waals surface area contributed by atoms with Gasteiger partial charge in [0.05, 0.1) is 5.56 Å². The lowest BCUT2D eigenvalue weighted by Gasteiger charge is -2.26. The maximum absolute atomic E-state index is 13.5. The number of rotatable bonds is 4. The van der Waals surface area contributed by atoms with Crippen molar-refractivity contribution in [3.05, 3.63) is 35.1 Å². The lowest BCUT2D eigenvalue weighted by atomic mass is 10.1. The van der Waals surface area contributed by atoms with Crippen molar-refractivity contribution in [3.8, 4) is 0 Å². The fraction of sp³-hybridized carbons (Fsp3) is 0.500. The lowest BCUT2D eigenvalue weighted by molar-refractivity contribution is 0.0945. The standard InChI is InChI=1S/C14H19FN2OS/c1-11-2-3-13(15)12(10-11)14(18)16-4-5-17-6-8-19-9-7-17/h2-3,10H,4-9H2,1H3,(H,16,18). The number of hydrogen-bond donors (Lipinski definition) is 1. The van der Waals surface area contributed by atoms with Crippen LogP contribution in [0.25, 0.3) is 0 Å². The van der Waals surface area contributed by atoms with E-state index in [0.717, 1.165) is 36.7 Å². The molecule has 2 rings (SSSR count). The van der Waals surface area contributed by atoms with Gasteiger partial charge in [-0.15, -0.1) is 0 Å². The smallest absolute Gasteiger partial charge is 0.254 e. The van der Waals surface area contributed by atoms with Crippen LogP contribution in [0.1, 0.15) is 15.9 Å². The van der Waals surface area contributed by atoms with Crippen molar-refractivity contribution in [1.82, 2.24) is 10.2 Å². The molecule has 1 heterocycles. The number of halogens is 1. The zero-order chi connectivity index (χ0) is 13.7. The third-order valence-electron chi connectivity index (χ3n) is 3.18. The summed E-state index contributed by atoms with van der Waals surface area (Å²) < 4.78 is 13.5. The largest absolute Gasteiger partial charge is 0.351 e. The lowest BCUT2D eigenvalue weighted by Crippen LogP contribution is -2.39. The van der Waals surface area contributed by atoms with Gasteiger partial charge in [-0.3, -0.25) is 9.69 Å². The summed E-state index contributed by atoms with van der Waals surface area (Å²) in [4.78, 5) is 14.2. The van der Waals surface area contributed by atoms with Gasteiger partial charge in [-0.05, 0) is 19.1 Å². The van der Waals surface area contributed by atoms with Gasteiger partial charge < -0.3 is 5.32 Å². The number of amides is 1. The number of aryl methyl sites for hydroxylation is 1. The van der Waals surface area contributed by atoms with E-state index in [4.69, 9.17) is 0 Å². The van der Waals surface area contributed by atoms with Crippen LogP contribution in [0.3, 0.4) is 0 Å². The highest BCUT2D eigenvalue weighted by atomic mass is 32.2. The molecule has 1 aliphatic rings. The molecule has 3 nitrogen and oxygen atoms in total. The number of carbonyl (C=O) groups is 1. The molecule has 19 heavy (non-hydrogen) atoms. The third kappa shape index (κ3) is 4.21. The minimum Gasteiger partial charge on any atom is -0.351 e. The fourth-order valence-corrected chi connectivity index (χ4v) is 3.04. The van der Waals surface area contributed by atoms with E-state index in [2.05, 4.69) is 10.2 Å². The number of nitrogens with zero attached hydrogens (tertiary/aromatic N) is 1. The molecule has 0 saturated carbocycles. The second kappa shape index (κ2) is 6.91. The van der Waals surface area contributed by atoms with Crippen molar-refractivity contribution in [2.45, 2.75) is 6.92 Å². The van der Waals surface area contributed by atoms with Crippen molar-refractivity contribution in [1.29, 1.82) is 0 Å². The van der Waals surface area contributed by atoms with E-state index >= 15 is 0 Å². The minimum absolute atomic E-state index is 0.134. The third-order valence-corrected chi connectivity index (χ3v) is 4.13. The van der Waals surface area contributed by atoms with E-state index in [9.17, 15) is 9.18 Å². The molecule has 1 amide bonds. The minimum atomic E-state index is -0.461. The molecule has 0 aliphatic carbocycles. The first kappa shape index (κ1) is 14.3. The zero-order valence-corrected chi connectivity index (χ0v) is 11.9. The van der Waals surface area contributed by atoms with Crippen LogP contribution in [0.5, 0.6) is 0 Å². The molecule has 1 aromatic carbocycles. The molecule has 0 atom stereocenters. The normalized spacial score (nSPS) is 16.3. The molecule has 0 radical (unpaired) electrons. The SMILES string of the molecule is Cc1ccc(F)c(C(=O)NCCN2CCSCC2)c1. The molecule has 1 aliphatic heterocycles. The monoisotopic (exact) mass is 282 g/mol. The van der Waals surface area contributed by atoms with Gasteiger partial charge in [-0.1, -0.05) is 11.6 Å². The Bertz CT molecular complexity index is 447. The summed E-state index contributed by atoms with van der Waals surface area (Å²) in [6.07, 6.45) is 0. The van der Waals surface area contributed by atoms with E-state index in [1.807, 2.05) is 18.7 Å². The highest BCUT2D eigenvalue weighted by molar-refractivity contribution is 7.99. The second-order valence-corrected chi connectivity index (χ2v) is 5.92. The molecule has 104 valence electrons. The van der Waals surface area contributed by atoms with Crippen LogP contribution in [-0.2, 0) is 0 Å². The van der Waals surface area contributed by atoms with Crippen molar-refractivity contribution in [3.63, 3.8) is 0 Å². The summed E-state index contributed by atoms with van der Waals surface area (Å²) in [5, 5.41) is 2.79. The number of carbonyl (C=O) groups excluding carboxylic acids is 1. The van der Waals surface area contributed by atoms with Gasteiger partial charge >= 0.3 is 0 Å². The predicted molar refractivity (Wildman–Crippen MR) is 77.2 cm³/mol. The predicted octanol–water partition coefficient (Wildman–Crippen LogP) is 1.91. The molecule has 0 spiro atoms. The Kier molecular flexibility index (Phi) is 5.22. The van der Waals surface area contributed by atoms with Gasteiger partial charge in [0.2, 0.25) is 0 Å². The molecule has 1 fully saturated rings. The van der Waals surface area contributed by atoms with Crippen LogP contribution in [0.2, 0.25) is 0 Å². The Morgan fingerprint density at radius 2 is 2.16 bits per heavy atom. The Labute approximate surface area is 117 Å². The van der Waals surface area contributed by atoms with Gasteiger partial charge in [0.1, 0.15) is 5.82 Å². The maximum atomic E-state index is 13.5.